The molecule has 1 aromatic carbocycles. The summed E-state index contributed by atoms with van der Waals surface area (Å²) in [4.78, 5) is 0. The van der Waals surface area contributed by atoms with Crippen LogP contribution in [0.4, 0.5) is 11.4 Å². The maximum absolute atomic E-state index is 3.28. The van der Waals surface area contributed by atoms with E-state index in [2.05, 4.69) is 30.5 Å². The van der Waals surface area contributed by atoms with E-state index in [1.807, 2.05) is 18.2 Å². The van der Waals surface area contributed by atoms with Crippen molar-refractivity contribution in [3.63, 3.8) is 0 Å². The molecule has 1 radical (unpaired) electrons. The molecule has 0 spiro atoms. The molecule has 1 rings (SSSR count). The molecule has 0 saturated heterocycles. The maximum atomic E-state index is 3.28. The lowest BCUT2D eigenvalue weighted by molar-refractivity contribution is 1.18. The molecule has 1 aromatic rings. The van der Waals surface area contributed by atoms with Gasteiger partial charge in [-0.1, -0.05) is 6.07 Å². The van der Waals surface area contributed by atoms with Gasteiger partial charge in [0.25, 0.3) is 0 Å². The van der Waals surface area contributed by atoms with Gasteiger partial charge in [-0.15, -0.1) is 0 Å². The first kappa shape index (κ1) is 8.91. The maximum Gasteiger partial charge on any atom is 0.0582 e. The Morgan fingerprint density at radius 1 is 1.17 bits per heavy atom. The Morgan fingerprint density at radius 3 is 2.50 bits per heavy atom. The summed E-state index contributed by atoms with van der Waals surface area (Å²) < 4.78 is 0. The molecule has 0 heterocycles. The molecule has 0 aliphatic heterocycles. The third-order valence-corrected chi connectivity index (χ3v) is 1.60. The average Bonchev–Trinajstić information content (AvgIpc) is 2.09. The molecule has 0 aromatic heterocycles. The van der Waals surface area contributed by atoms with E-state index >= 15 is 0 Å². The van der Waals surface area contributed by atoms with Gasteiger partial charge in [0.15, 0.2) is 0 Å². The van der Waals surface area contributed by atoms with Crippen molar-refractivity contribution >= 4 is 11.4 Å². The Hall–Kier alpha value is -1.18. The molecule has 0 amide bonds. The first-order valence-electron chi connectivity index (χ1n) is 4.36. The summed E-state index contributed by atoms with van der Waals surface area (Å²) in [6.07, 6.45) is 0. The van der Waals surface area contributed by atoms with Crippen molar-refractivity contribution in [2.24, 2.45) is 0 Å². The van der Waals surface area contributed by atoms with E-state index in [4.69, 9.17) is 0 Å². The Kier molecular flexibility index (Phi) is 3.45. The van der Waals surface area contributed by atoms with E-state index < -0.39 is 0 Å². The van der Waals surface area contributed by atoms with Crippen molar-refractivity contribution in [3.8, 4) is 0 Å². The summed E-state index contributed by atoms with van der Waals surface area (Å²) in [6, 6.07) is 8.95. The van der Waals surface area contributed by atoms with Gasteiger partial charge in [-0.2, -0.15) is 0 Å². The zero-order chi connectivity index (χ0) is 8.81. The third kappa shape index (κ3) is 2.16. The average molecular weight is 163 g/mol. The van der Waals surface area contributed by atoms with Crippen molar-refractivity contribution in [2.75, 3.05) is 23.7 Å². The number of nitrogens with one attached hydrogen (secondary N) is 2. The Balaban J connectivity index is 2.77. The minimum atomic E-state index is 0.941. The summed E-state index contributed by atoms with van der Waals surface area (Å²) in [6.45, 7) is 6.06. The number of hydrogen-bond acceptors (Lipinski definition) is 2. The second-order valence-corrected chi connectivity index (χ2v) is 2.53. The SMILES string of the molecule is CCNc1c[c]ccc1NCC. The predicted molar refractivity (Wildman–Crippen MR) is 53.6 cm³/mol. The fourth-order valence-corrected chi connectivity index (χ4v) is 1.11. The van der Waals surface area contributed by atoms with E-state index in [0.717, 1.165) is 24.5 Å². The minimum Gasteiger partial charge on any atom is -0.384 e. The summed E-state index contributed by atoms with van der Waals surface area (Å²) in [5.74, 6) is 0. The van der Waals surface area contributed by atoms with E-state index in [9.17, 15) is 0 Å². The van der Waals surface area contributed by atoms with E-state index in [1.165, 1.54) is 0 Å². The van der Waals surface area contributed by atoms with Crippen LogP contribution in [0.2, 0.25) is 0 Å². The molecule has 0 aliphatic carbocycles. The fourth-order valence-electron chi connectivity index (χ4n) is 1.11. The smallest absolute Gasteiger partial charge is 0.0582 e. The molecule has 2 nitrogen and oxygen atoms in total. The molecular formula is C10H15N2. The lowest BCUT2D eigenvalue weighted by atomic mass is 10.2. The summed E-state index contributed by atoms with van der Waals surface area (Å²) >= 11 is 0. The van der Waals surface area contributed by atoms with Crippen LogP contribution in [0, 0.1) is 6.07 Å². The molecular weight excluding hydrogens is 148 g/mol. The second-order valence-electron chi connectivity index (χ2n) is 2.53. The number of benzene rings is 1. The summed E-state index contributed by atoms with van der Waals surface area (Å²) in [5.41, 5.74) is 2.28. The molecule has 0 atom stereocenters. The standard InChI is InChI=1S/C10H15N2/c1-3-11-9-7-5-6-8-10(9)12-4-2/h5,7-8,11-12H,3-4H2,1-2H3. The quantitative estimate of drug-likeness (QED) is 0.712. The van der Waals surface area contributed by atoms with Crippen LogP contribution < -0.4 is 10.6 Å². The molecule has 2 heteroatoms. The first-order valence-corrected chi connectivity index (χ1v) is 4.36. The lowest BCUT2D eigenvalue weighted by Crippen LogP contribution is -2.03. The van der Waals surface area contributed by atoms with Gasteiger partial charge in [0.2, 0.25) is 0 Å². The first-order chi connectivity index (χ1) is 5.88. The van der Waals surface area contributed by atoms with Gasteiger partial charge in [-0.3, -0.25) is 0 Å². The molecule has 0 aliphatic rings. The van der Waals surface area contributed by atoms with Gasteiger partial charge in [0, 0.05) is 13.1 Å². The van der Waals surface area contributed by atoms with Gasteiger partial charge in [0.1, 0.15) is 0 Å². The van der Waals surface area contributed by atoms with Crippen molar-refractivity contribution < 1.29 is 0 Å². The van der Waals surface area contributed by atoms with E-state index in [-0.39, 0.29) is 0 Å². The zero-order valence-corrected chi connectivity index (χ0v) is 7.65. The topological polar surface area (TPSA) is 24.1 Å². The van der Waals surface area contributed by atoms with Gasteiger partial charge in [-0.05, 0) is 32.0 Å². The molecule has 0 fully saturated rings. The van der Waals surface area contributed by atoms with Crippen LogP contribution in [0.3, 0.4) is 0 Å². The van der Waals surface area contributed by atoms with Crippen LogP contribution in [-0.2, 0) is 0 Å². The van der Waals surface area contributed by atoms with Crippen LogP contribution in [0.25, 0.3) is 0 Å². The van der Waals surface area contributed by atoms with Crippen LogP contribution in [-0.4, -0.2) is 13.1 Å². The van der Waals surface area contributed by atoms with Crippen molar-refractivity contribution in [1.29, 1.82) is 0 Å². The van der Waals surface area contributed by atoms with Crippen molar-refractivity contribution in [3.05, 3.63) is 24.3 Å². The molecule has 2 N–H and O–H groups in total. The largest absolute Gasteiger partial charge is 0.384 e. The predicted octanol–water partition coefficient (Wildman–Crippen LogP) is 2.35. The zero-order valence-electron chi connectivity index (χ0n) is 7.65. The highest BCUT2D eigenvalue weighted by atomic mass is 14.9. The Morgan fingerprint density at radius 2 is 1.83 bits per heavy atom. The van der Waals surface area contributed by atoms with Crippen LogP contribution in [0.1, 0.15) is 13.8 Å². The molecule has 0 bridgehead atoms. The van der Waals surface area contributed by atoms with Crippen LogP contribution in [0.5, 0.6) is 0 Å². The normalized spacial score (nSPS) is 9.50. The molecule has 0 saturated carbocycles. The minimum absolute atomic E-state index is 0.941. The summed E-state index contributed by atoms with van der Waals surface area (Å²) in [7, 11) is 0. The third-order valence-electron chi connectivity index (χ3n) is 1.60. The Bertz CT molecular complexity index is 208. The Labute approximate surface area is 74.0 Å². The fraction of sp³-hybridized carbons (Fsp3) is 0.400. The van der Waals surface area contributed by atoms with Gasteiger partial charge < -0.3 is 10.6 Å². The molecule has 65 valence electrons. The molecule has 12 heavy (non-hydrogen) atoms. The van der Waals surface area contributed by atoms with Gasteiger partial charge >= 0.3 is 0 Å². The number of anilines is 2. The monoisotopic (exact) mass is 163 g/mol. The summed E-state index contributed by atoms with van der Waals surface area (Å²) in [5, 5.41) is 6.55. The van der Waals surface area contributed by atoms with E-state index in [0.29, 0.717) is 0 Å². The van der Waals surface area contributed by atoms with Crippen molar-refractivity contribution in [1.82, 2.24) is 0 Å². The lowest BCUT2D eigenvalue weighted by Gasteiger charge is -2.10. The van der Waals surface area contributed by atoms with Crippen LogP contribution >= 0.6 is 0 Å². The highest BCUT2D eigenvalue weighted by molar-refractivity contribution is 5.68. The number of rotatable bonds is 4. The van der Waals surface area contributed by atoms with Gasteiger partial charge in [-0.25, -0.2) is 0 Å². The highest BCUT2D eigenvalue weighted by Crippen LogP contribution is 2.19. The van der Waals surface area contributed by atoms with Crippen LogP contribution in [0.15, 0.2) is 18.2 Å². The number of hydrogen-bond donors (Lipinski definition) is 2. The van der Waals surface area contributed by atoms with Gasteiger partial charge in [0.05, 0.1) is 11.4 Å². The second kappa shape index (κ2) is 4.65. The van der Waals surface area contributed by atoms with E-state index in [1.54, 1.807) is 0 Å². The van der Waals surface area contributed by atoms with Crippen molar-refractivity contribution in [2.45, 2.75) is 13.8 Å². The molecule has 0 unspecified atom stereocenters. The highest BCUT2D eigenvalue weighted by Gasteiger charge is 1.96.